The maximum Gasteiger partial charge on any atom is 0.325 e. The molecule has 10 heteroatoms. The van der Waals surface area contributed by atoms with Crippen LogP contribution in [0.4, 0.5) is 10.5 Å². The number of nitrogens with one attached hydrogen (secondary N) is 4. The van der Waals surface area contributed by atoms with Gasteiger partial charge >= 0.3 is 11.7 Å². The molecule has 1 unspecified atom stereocenters. The minimum Gasteiger partial charge on any atom is -0.481 e. The molecule has 2 amide bonds. The van der Waals surface area contributed by atoms with E-state index in [0.29, 0.717) is 42.4 Å². The molecule has 3 aromatic heterocycles. The number of carbonyl (C=O) groups excluding carboxylic acids is 1. The van der Waals surface area contributed by atoms with Crippen molar-refractivity contribution in [3.63, 3.8) is 0 Å². The molecule has 0 aromatic carbocycles. The topological polar surface area (TPSA) is 128 Å². The maximum absolute atomic E-state index is 12.9. The highest BCUT2D eigenvalue weighted by Gasteiger charge is 2.30. The van der Waals surface area contributed by atoms with Gasteiger partial charge in [0.15, 0.2) is 5.65 Å². The summed E-state index contributed by atoms with van der Waals surface area (Å²) in [5.41, 5.74) is 2.18. The second-order valence-corrected chi connectivity index (χ2v) is 6.13. The van der Waals surface area contributed by atoms with Crippen LogP contribution in [0, 0.1) is 0 Å². The number of hydrogen-bond acceptors (Lipinski definition) is 6. The highest BCUT2D eigenvalue weighted by Crippen LogP contribution is 2.27. The van der Waals surface area contributed by atoms with Crippen LogP contribution >= 0.6 is 0 Å². The van der Waals surface area contributed by atoms with Gasteiger partial charge in [0.2, 0.25) is 5.88 Å². The highest BCUT2D eigenvalue weighted by molar-refractivity contribution is 5.90. The van der Waals surface area contributed by atoms with Gasteiger partial charge in [-0.25, -0.2) is 19.6 Å². The van der Waals surface area contributed by atoms with E-state index < -0.39 is 0 Å². The number of fused-ring (bicyclic) bond motifs is 1. The molecule has 0 saturated carbocycles. The number of rotatable bonds is 3. The van der Waals surface area contributed by atoms with E-state index in [-0.39, 0.29) is 17.8 Å². The third kappa shape index (κ3) is 3.34. The van der Waals surface area contributed by atoms with Gasteiger partial charge in [-0.1, -0.05) is 0 Å². The largest absolute Gasteiger partial charge is 0.481 e. The van der Waals surface area contributed by atoms with Gasteiger partial charge in [0.05, 0.1) is 18.7 Å². The van der Waals surface area contributed by atoms with Crippen molar-refractivity contribution >= 4 is 22.9 Å². The van der Waals surface area contributed by atoms with Crippen molar-refractivity contribution in [1.29, 1.82) is 0 Å². The molecule has 140 valence electrons. The fourth-order valence-electron chi connectivity index (χ4n) is 3.25. The van der Waals surface area contributed by atoms with Crippen LogP contribution in [0.15, 0.2) is 35.4 Å². The number of piperazine rings is 1. The average molecular weight is 369 g/mol. The Kier molecular flexibility index (Phi) is 4.47. The van der Waals surface area contributed by atoms with Gasteiger partial charge < -0.3 is 25.3 Å². The van der Waals surface area contributed by atoms with Gasteiger partial charge in [0, 0.05) is 49.3 Å². The van der Waals surface area contributed by atoms with E-state index in [1.165, 1.54) is 7.11 Å². The molecule has 0 spiro atoms. The summed E-state index contributed by atoms with van der Waals surface area (Å²) in [5, 5.41) is 6.18. The van der Waals surface area contributed by atoms with Crippen molar-refractivity contribution in [3.05, 3.63) is 46.6 Å². The first kappa shape index (κ1) is 17.0. The van der Waals surface area contributed by atoms with Crippen LogP contribution in [0.3, 0.4) is 0 Å². The molecule has 4 rings (SSSR count). The second-order valence-electron chi connectivity index (χ2n) is 6.13. The van der Waals surface area contributed by atoms with Gasteiger partial charge in [-0.3, -0.25) is 4.98 Å². The molecule has 4 heterocycles. The number of methoxy groups -OCH3 is 1. The Hall–Kier alpha value is -3.40. The summed E-state index contributed by atoms with van der Waals surface area (Å²) in [4.78, 5) is 39.9. The zero-order valence-corrected chi connectivity index (χ0v) is 14.7. The van der Waals surface area contributed by atoms with Gasteiger partial charge in [0.25, 0.3) is 0 Å². The smallest absolute Gasteiger partial charge is 0.325 e. The van der Waals surface area contributed by atoms with Crippen LogP contribution in [0.1, 0.15) is 11.6 Å². The monoisotopic (exact) mass is 369 g/mol. The standard InChI is InChI=1S/C17H19N7O3/c1-27-13-8-10(2-4-19-13)21-17(26)24-7-6-18-9-12(24)11-3-5-20-15-14(11)22-16(25)23-15/h2-5,8,12,18H,6-7,9H2,1H3,(H,19,21,26)(H2,20,22,23,25). The lowest BCUT2D eigenvalue weighted by Gasteiger charge is -2.36. The minimum absolute atomic E-state index is 0.238. The molecular weight excluding hydrogens is 350 g/mol. The van der Waals surface area contributed by atoms with Crippen molar-refractivity contribution < 1.29 is 9.53 Å². The zero-order valence-electron chi connectivity index (χ0n) is 14.7. The van der Waals surface area contributed by atoms with Crippen molar-refractivity contribution in [3.8, 4) is 5.88 Å². The third-order valence-corrected chi connectivity index (χ3v) is 4.51. The molecule has 3 aromatic rings. The summed E-state index contributed by atoms with van der Waals surface area (Å²) in [7, 11) is 1.52. The number of urea groups is 1. The van der Waals surface area contributed by atoms with Crippen LogP contribution in [0.25, 0.3) is 11.2 Å². The highest BCUT2D eigenvalue weighted by atomic mass is 16.5. The lowest BCUT2D eigenvalue weighted by molar-refractivity contribution is 0.171. The molecule has 0 aliphatic carbocycles. The summed E-state index contributed by atoms with van der Waals surface area (Å²) in [6.45, 7) is 1.78. The molecule has 4 N–H and O–H groups in total. The van der Waals surface area contributed by atoms with E-state index in [0.717, 1.165) is 5.56 Å². The van der Waals surface area contributed by atoms with E-state index in [9.17, 15) is 9.59 Å². The summed E-state index contributed by atoms with van der Waals surface area (Å²) < 4.78 is 5.09. The molecule has 1 saturated heterocycles. The third-order valence-electron chi connectivity index (χ3n) is 4.51. The van der Waals surface area contributed by atoms with Crippen LogP contribution in [0.2, 0.25) is 0 Å². The van der Waals surface area contributed by atoms with E-state index in [2.05, 4.69) is 30.6 Å². The van der Waals surface area contributed by atoms with E-state index in [1.54, 1.807) is 29.4 Å². The van der Waals surface area contributed by atoms with Crippen molar-refractivity contribution in [2.45, 2.75) is 6.04 Å². The number of aromatic nitrogens is 4. The molecule has 1 aliphatic rings. The number of anilines is 1. The molecule has 1 fully saturated rings. The second kappa shape index (κ2) is 7.08. The van der Waals surface area contributed by atoms with Crippen molar-refractivity contribution in [2.24, 2.45) is 0 Å². The Morgan fingerprint density at radius 2 is 2.15 bits per heavy atom. The predicted octanol–water partition coefficient (Wildman–Crippen LogP) is 0.833. The summed E-state index contributed by atoms with van der Waals surface area (Å²) in [6, 6.07) is 4.69. The number of ether oxygens (including phenoxy) is 1. The first-order chi connectivity index (χ1) is 13.2. The maximum atomic E-state index is 12.9. The summed E-state index contributed by atoms with van der Waals surface area (Å²) in [6.07, 6.45) is 3.19. The summed E-state index contributed by atoms with van der Waals surface area (Å²) in [5.74, 6) is 0.422. The fourth-order valence-corrected chi connectivity index (χ4v) is 3.25. The van der Waals surface area contributed by atoms with Crippen molar-refractivity contribution in [1.82, 2.24) is 30.2 Å². The number of amides is 2. The Morgan fingerprint density at radius 1 is 1.30 bits per heavy atom. The number of pyridine rings is 2. The first-order valence-corrected chi connectivity index (χ1v) is 8.51. The minimum atomic E-state index is -0.325. The Balaban J connectivity index is 1.63. The van der Waals surface area contributed by atoms with Crippen LogP contribution < -0.4 is 21.1 Å². The van der Waals surface area contributed by atoms with Crippen LogP contribution in [-0.4, -0.2) is 57.6 Å². The van der Waals surface area contributed by atoms with E-state index in [1.807, 2.05) is 6.07 Å². The average Bonchev–Trinajstić information content (AvgIpc) is 3.08. The van der Waals surface area contributed by atoms with Gasteiger partial charge in [0.1, 0.15) is 0 Å². The summed E-state index contributed by atoms with van der Waals surface area (Å²) >= 11 is 0. The molecule has 0 radical (unpaired) electrons. The van der Waals surface area contributed by atoms with E-state index >= 15 is 0 Å². The van der Waals surface area contributed by atoms with Crippen LogP contribution in [0.5, 0.6) is 5.88 Å². The number of aromatic amines is 2. The molecule has 0 bridgehead atoms. The Labute approximate surface area is 154 Å². The lowest BCUT2D eigenvalue weighted by atomic mass is 10.0. The quantitative estimate of drug-likeness (QED) is 0.541. The number of carbonyl (C=O) groups is 1. The predicted molar refractivity (Wildman–Crippen MR) is 98.8 cm³/mol. The molecule has 27 heavy (non-hydrogen) atoms. The number of H-pyrrole nitrogens is 2. The number of hydrogen-bond donors (Lipinski definition) is 4. The van der Waals surface area contributed by atoms with Gasteiger partial charge in [-0.05, 0) is 12.1 Å². The normalized spacial score (nSPS) is 17.1. The SMILES string of the molecule is COc1cc(NC(=O)N2CCNCC2c2ccnc3[nH]c(=O)[nH]c23)ccn1. The Morgan fingerprint density at radius 3 is 3.00 bits per heavy atom. The van der Waals surface area contributed by atoms with Gasteiger partial charge in [-0.15, -0.1) is 0 Å². The fraction of sp³-hybridized carbons (Fsp3) is 0.294. The lowest BCUT2D eigenvalue weighted by Crippen LogP contribution is -2.50. The van der Waals surface area contributed by atoms with Crippen LogP contribution in [-0.2, 0) is 0 Å². The zero-order chi connectivity index (χ0) is 18.8. The number of imidazole rings is 1. The molecule has 10 nitrogen and oxygen atoms in total. The first-order valence-electron chi connectivity index (χ1n) is 8.51. The van der Waals surface area contributed by atoms with Crippen molar-refractivity contribution in [2.75, 3.05) is 32.1 Å². The van der Waals surface area contributed by atoms with Gasteiger partial charge in [-0.2, -0.15) is 0 Å². The molecule has 1 atom stereocenters. The number of nitrogens with zero attached hydrogens (tertiary/aromatic N) is 3. The van der Waals surface area contributed by atoms with E-state index in [4.69, 9.17) is 4.74 Å². The molecule has 1 aliphatic heterocycles. The Bertz CT molecular complexity index is 1030. The molecular formula is C17H19N7O3.